The number of para-hydroxylation sites is 1. The van der Waals surface area contributed by atoms with Crippen molar-refractivity contribution in [3.8, 4) is 5.75 Å². The maximum absolute atomic E-state index is 5.39. The molecule has 0 fully saturated rings. The summed E-state index contributed by atoms with van der Waals surface area (Å²) in [7, 11) is 1.68. The summed E-state index contributed by atoms with van der Waals surface area (Å²) in [5, 5.41) is 2.06. The van der Waals surface area contributed by atoms with Gasteiger partial charge in [0.05, 0.1) is 12.8 Å². The molecule has 0 N–H and O–H groups in total. The Morgan fingerprint density at radius 3 is 2.71 bits per heavy atom. The van der Waals surface area contributed by atoms with Crippen molar-refractivity contribution in [2.45, 2.75) is 13.8 Å². The highest BCUT2D eigenvalue weighted by Gasteiger charge is 2.06. The third-order valence-corrected chi connectivity index (χ3v) is 3.54. The van der Waals surface area contributed by atoms with Gasteiger partial charge in [0, 0.05) is 4.88 Å². The first kappa shape index (κ1) is 11.9. The topological polar surface area (TPSA) is 21.6 Å². The lowest BCUT2D eigenvalue weighted by Crippen LogP contribution is -1.92. The molecule has 0 atom stereocenters. The van der Waals surface area contributed by atoms with Crippen molar-refractivity contribution in [3.63, 3.8) is 0 Å². The number of nitrogens with zero attached hydrogens (tertiary/aromatic N) is 1. The Hall–Kier alpha value is -1.61. The molecule has 1 aromatic carbocycles. The molecule has 0 bridgehead atoms. The number of rotatable bonds is 3. The van der Waals surface area contributed by atoms with E-state index in [0.29, 0.717) is 0 Å². The standard InChI is InChI=1S/C14H15NOS/c1-10-6-4-7-12(14(10)16-3)15-11(2)13-8-5-9-17-13/h4-9H,1-3H3. The van der Waals surface area contributed by atoms with Crippen LogP contribution < -0.4 is 4.74 Å². The number of benzene rings is 1. The van der Waals surface area contributed by atoms with Gasteiger partial charge < -0.3 is 4.74 Å². The van der Waals surface area contributed by atoms with E-state index in [0.717, 1.165) is 22.7 Å². The van der Waals surface area contributed by atoms with Crippen molar-refractivity contribution in [3.05, 3.63) is 46.2 Å². The van der Waals surface area contributed by atoms with Crippen LogP contribution in [0.5, 0.6) is 5.75 Å². The highest BCUT2D eigenvalue weighted by Crippen LogP contribution is 2.31. The Morgan fingerprint density at radius 1 is 1.24 bits per heavy atom. The van der Waals surface area contributed by atoms with Crippen LogP contribution in [0.3, 0.4) is 0 Å². The summed E-state index contributed by atoms with van der Waals surface area (Å²) in [5.41, 5.74) is 3.01. The number of hydrogen-bond acceptors (Lipinski definition) is 3. The minimum Gasteiger partial charge on any atom is -0.494 e. The maximum atomic E-state index is 5.39. The van der Waals surface area contributed by atoms with Crippen molar-refractivity contribution in [1.82, 2.24) is 0 Å². The van der Waals surface area contributed by atoms with E-state index in [4.69, 9.17) is 4.74 Å². The van der Waals surface area contributed by atoms with Crippen molar-refractivity contribution < 1.29 is 4.74 Å². The fourth-order valence-corrected chi connectivity index (χ4v) is 2.39. The molecule has 2 aromatic rings. The molecule has 17 heavy (non-hydrogen) atoms. The summed E-state index contributed by atoms with van der Waals surface area (Å²) in [4.78, 5) is 5.82. The highest BCUT2D eigenvalue weighted by molar-refractivity contribution is 7.12. The fourth-order valence-electron chi connectivity index (χ4n) is 1.71. The van der Waals surface area contributed by atoms with Crippen LogP contribution in [0, 0.1) is 6.92 Å². The van der Waals surface area contributed by atoms with Crippen molar-refractivity contribution in [2.24, 2.45) is 4.99 Å². The summed E-state index contributed by atoms with van der Waals surface area (Å²) >= 11 is 1.70. The Morgan fingerprint density at radius 2 is 2.06 bits per heavy atom. The summed E-state index contributed by atoms with van der Waals surface area (Å²) in [6.45, 7) is 4.05. The average molecular weight is 245 g/mol. The summed E-state index contributed by atoms with van der Waals surface area (Å²) in [6.07, 6.45) is 0. The van der Waals surface area contributed by atoms with Gasteiger partial charge in [-0.05, 0) is 36.9 Å². The van der Waals surface area contributed by atoms with Crippen LogP contribution in [-0.2, 0) is 0 Å². The monoisotopic (exact) mass is 245 g/mol. The quantitative estimate of drug-likeness (QED) is 0.742. The number of ether oxygens (including phenoxy) is 1. The van der Waals surface area contributed by atoms with Crippen LogP contribution in [-0.4, -0.2) is 12.8 Å². The number of thiophene rings is 1. The third-order valence-electron chi connectivity index (χ3n) is 2.56. The van der Waals surface area contributed by atoms with Crippen molar-refractivity contribution >= 4 is 22.7 Å². The first-order chi connectivity index (χ1) is 8.22. The second kappa shape index (κ2) is 5.15. The van der Waals surface area contributed by atoms with Crippen molar-refractivity contribution in [2.75, 3.05) is 7.11 Å². The first-order valence-electron chi connectivity index (χ1n) is 5.45. The zero-order chi connectivity index (χ0) is 12.3. The lowest BCUT2D eigenvalue weighted by molar-refractivity contribution is 0.413. The van der Waals surface area contributed by atoms with Crippen molar-refractivity contribution in [1.29, 1.82) is 0 Å². The van der Waals surface area contributed by atoms with E-state index in [2.05, 4.69) is 16.4 Å². The minimum absolute atomic E-state index is 0.850. The van der Waals surface area contributed by atoms with E-state index in [1.807, 2.05) is 38.1 Å². The molecule has 2 nitrogen and oxygen atoms in total. The normalized spacial score (nSPS) is 11.6. The van der Waals surface area contributed by atoms with Gasteiger partial charge in [0.1, 0.15) is 11.4 Å². The minimum atomic E-state index is 0.850. The van der Waals surface area contributed by atoms with Gasteiger partial charge >= 0.3 is 0 Å². The molecule has 0 aliphatic heterocycles. The van der Waals surface area contributed by atoms with Gasteiger partial charge in [-0.3, -0.25) is 0 Å². The lowest BCUT2D eigenvalue weighted by Gasteiger charge is -2.08. The molecular formula is C14H15NOS. The van der Waals surface area contributed by atoms with Gasteiger partial charge in [0.15, 0.2) is 0 Å². The molecule has 0 aliphatic carbocycles. The number of hydrogen-bond donors (Lipinski definition) is 0. The molecule has 0 amide bonds. The molecule has 2 rings (SSSR count). The summed E-state index contributed by atoms with van der Waals surface area (Å²) < 4.78 is 5.39. The number of aryl methyl sites for hydroxylation is 1. The van der Waals surface area contributed by atoms with E-state index in [1.54, 1.807) is 18.4 Å². The fraction of sp³-hybridized carbons (Fsp3) is 0.214. The molecule has 3 heteroatoms. The SMILES string of the molecule is COc1c(C)cccc1N=C(C)c1cccs1. The largest absolute Gasteiger partial charge is 0.494 e. The smallest absolute Gasteiger partial charge is 0.147 e. The third kappa shape index (κ3) is 2.56. The van der Waals surface area contributed by atoms with E-state index in [1.165, 1.54) is 4.88 Å². The molecule has 1 aromatic heterocycles. The number of methoxy groups -OCH3 is 1. The van der Waals surface area contributed by atoms with Crippen LogP contribution in [0.2, 0.25) is 0 Å². The number of aliphatic imine (C=N–C) groups is 1. The van der Waals surface area contributed by atoms with E-state index >= 15 is 0 Å². The van der Waals surface area contributed by atoms with Gasteiger partial charge in [-0.25, -0.2) is 4.99 Å². The Bertz CT molecular complexity index is 529. The Labute approximate surface area is 106 Å². The zero-order valence-electron chi connectivity index (χ0n) is 10.2. The average Bonchev–Trinajstić information content (AvgIpc) is 2.82. The lowest BCUT2D eigenvalue weighted by atomic mass is 10.2. The second-order valence-electron chi connectivity index (χ2n) is 3.80. The second-order valence-corrected chi connectivity index (χ2v) is 4.75. The van der Waals surface area contributed by atoms with Crippen LogP contribution in [0.25, 0.3) is 0 Å². The highest BCUT2D eigenvalue weighted by atomic mass is 32.1. The molecule has 0 aliphatic rings. The molecule has 0 unspecified atom stereocenters. The molecule has 0 spiro atoms. The van der Waals surface area contributed by atoms with Crippen LogP contribution in [0.1, 0.15) is 17.4 Å². The van der Waals surface area contributed by atoms with Crippen LogP contribution >= 0.6 is 11.3 Å². The van der Waals surface area contributed by atoms with Gasteiger partial charge in [0.2, 0.25) is 0 Å². The van der Waals surface area contributed by atoms with Crippen LogP contribution in [0.4, 0.5) is 5.69 Å². The molecular weight excluding hydrogens is 230 g/mol. The van der Waals surface area contributed by atoms with Gasteiger partial charge in [-0.2, -0.15) is 0 Å². The molecule has 1 heterocycles. The van der Waals surface area contributed by atoms with Crippen LogP contribution in [0.15, 0.2) is 40.7 Å². The van der Waals surface area contributed by atoms with E-state index < -0.39 is 0 Å². The van der Waals surface area contributed by atoms with Gasteiger partial charge in [-0.1, -0.05) is 18.2 Å². The van der Waals surface area contributed by atoms with Gasteiger partial charge in [0.25, 0.3) is 0 Å². The molecule has 0 saturated heterocycles. The molecule has 0 radical (unpaired) electrons. The Kier molecular flexibility index (Phi) is 3.59. The predicted octanol–water partition coefficient (Wildman–Crippen LogP) is 4.21. The van der Waals surface area contributed by atoms with E-state index in [-0.39, 0.29) is 0 Å². The van der Waals surface area contributed by atoms with E-state index in [9.17, 15) is 0 Å². The maximum Gasteiger partial charge on any atom is 0.147 e. The Balaban J connectivity index is 2.42. The summed E-state index contributed by atoms with van der Waals surface area (Å²) in [6, 6.07) is 10.1. The zero-order valence-corrected chi connectivity index (χ0v) is 11.0. The first-order valence-corrected chi connectivity index (χ1v) is 6.33. The summed E-state index contributed by atoms with van der Waals surface area (Å²) in [5.74, 6) is 0.850. The predicted molar refractivity (Wildman–Crippen MR) is 73.9 cm³/mol. The molecule has 88 valence electrons. The molecule has 0 saturated carbocycles. The van der Waals surface area contributed by atoms with Gasteiger partial charge in [-0.15, -0.1) is 11.3 Å².